The van der Waals surface area contributed by atoms with Crippen LogP contribution in [-0.2, 0) is 6.42 Å². The number of likely N-dealkylation sites (N-methyl/N-ethyl adjacent to an activating group) is 1. The molecule has 1 aromatic rings. The number of nitrogens with one attached hydrogen (secondary N) is 1. The number of benzene rings is 1. The van der Waals surface area contributed by atoms with Crippen LogP contribution >= 0.6 is 0 Å². The Balaban J connectivity index is 1.14. The van der Waals surface area contributed by atoms with Crippen molar-refractivity contribution in [3.63, 3.8) is 0 Å². The summed E-state index contributed by atoms with van der Waals surface area (Å²) in [4.78, 5) is 8.18. The first-order chi connectivity index (χ1) is 25.6. The zero-order valence-corrected chi connectivity index (χ0v) is 31.5. The molecule has 1 heterocycles. The van der Waals surface area contributed by atoms with Gasteiger partial charge in [0.25, 0.3) is 0 Å². The largest absolute Gasteiger partial charge is 0.344 e. The molecule has 3 nitrogen and oxygen atoms in total. The van der Waals surface area contributed by atoms with Crippen molar-refractivity contribution in [3.05, 3.63) is 143 Å². The molecule has 0 saturated heterocycles. The van der Waals surface area contributed by atoms with Crippen molar-refractivity contribution in [2.24, 2.45) is 52.3 Å². The highest BCUT2D eigenvalue weighted by molar-refractivity contribution is 6.01. The average molecular weight is 690 g/mol. The standard InChI is InChI=1S/C49H59N3/c1-33-16-15-23-39(30-33)49-51-47(50-48(52(49)2)35-19-7-4-8-20-35)38-28-29-44(43-27-14-13-24-40(43)34-17-5-3-6-18-34)45(32-38)46-41-25-11-9-21-36(41)31-37-22-10-12-26-42(37)46/h3,5-7,9-11,13-14,17,19-22,24-25,27-29,33-34,37,39-40,42-43,45-47,49,51H,4,8,12,15-16,18,23,26,30-32H2,1-2H3. The second-order valence-corrected chi connectivity index (χ2v) is 17.3. The number of hydrogen-bond acceptors (Lipinski definition) is 3. The lowest BCUT2D eigenvalue weighted by Gasteiger charge is -2.49. The van der Waals surface area contributed by atoms with Crippen LogP contribution in [0.15, 0.2) is 137 Å². The van der Waals surface area contributed by atoms with E-state index in [1.54, 1.807) is 16.7 Å². The maximum Gasteiger partial charge on any atom is 0.133 e. The van der Waals surface area contributed by atoms with Gasteiger partial charge < -0.3 is 4.90 Å². The van der Waals surface area contributed by atoms with Crippen molar-refractivity contribution in [3.8, 4) is 0 Å². The van der Waals surface area contributed by atoms with E-state index in [0.29, 0.717) is 53.5 Å². The number of aliphatic imine (C=N–C) groups is 1. The first kappa shape index (κ1) is 34.1. The lowest BCUT2D eigenvalue weighted by Crippen LogP contribution is -2.59. The van der Waals surface area contributed by atoms with Crippen LogP contribution in [0.2, 0.25) is 0 Å². The number of amidine groups is 1. The van der Waals surface area contributed by atoms with Crippen LogP contribution in [0.3, 0.4) is 0 Å². The van der Waals surface area contributed by atoms with Crippen LogP contribution in [0, 0.1) is 47.3 Å². The molecular formula is C49H59N3. The van der Waals surface area contributed by atoms with Crippen molar-refractivity contribution >= 4 is 5.84 Å². The Bertz CT molecular complexity index is 1810. The molecule has 0 spiro atoms. The molecule has 270 valence electrons. The van der Waals surface area contributed by atoms with Gasteiger partial charge in [-0.3, -0.25) is 5.32 Å². The average Bonchev–Trinajstić information content (AvgIpc) is 3.20. The van der Waals surface area contributed by atoms with Crippen molar-refractivity contribution in [1.82, 2.24) is 10.2 Å². The summed E-state index contributed by atoms with van der Waals surface area (Å²) in [5.41, 5.74) is 7.64. The van der Waals surface area contributed by atoms with Crippen molar-refractivity contribution in [2.45, 2.75) is 95.8 Å². The molecule has 1 saturated carbocycles. The third-order valence-corrected chi connectivity index (χ3v) is 14.2. The molecular weight excluding hydrogens is 631 g/mol. The topological polar surface area (TPSA) is 27.6 Å². The molecule has 52 heavy (non-hydrogen) atoms. The summed E-state index contributed by atoms with van der Waals surface area (Å²) >= 11 is 0. The minimum atomic E-state index is -0.00477. The lowest BCUT2D eigenvalue weighted by molar-refractivity contribution is 0.128. The van der Waals surface area contributed by atoms with Gasteiger partial charge in [-0.15, -0.1) is 0 Å². The van der Waals surface area contributed by atoms with E-state index in [2.05, 4.69) is 140 Å². The first-order valence-corrected chi connectivity index (χ1v) is 20.9. The molecule has 7 aliphatic carbocycles. The normalized spacial score (nSPS) is 38.2. The van der Waals surface area contributed by atoms with Gasteiger partial charge in [0.2, 0.25) is 0 Å². The quantitative estimate of drug-likeness (QED) is 0.301. The Labute approximate surface area is 313 Å². The summed E-state index contributed by atoms with van der Waals surface area (Å²) in [6.07, 6.45) is 50.1. The smallest absolute Gasteiger partial charge is 0.133 e. The Morgan fingerprint density at radius 3 is 2.60 bits per heavy atom. The number of hydrogen-bond donors (Lipinski definition) is 1. The van der Waals surface area contributed by atoms with E-state index < -0.39 is 0 Å². The van der Waals surface area contributed by atoms with E-state index in [4.69, 9.17) is 4.99 Å². The van der Waals surface area contributed by atoms with Gasteiger partial charge in [0.05, 0.1) is 6.17 Å². The lowest BCUT2D eigenvalue weighted by atomic mass is 9.57. The zero-order chi connectivity index (χ0) is 35.0. The Morgan fingerprint density at radius 1 is 0.827 bits per heavy atom. The van der Waals surface area contributed by atoms with Gasteiger partial charge in [-0.25, -0.2) is 4.99 Å². The maximum atomic E-state index is 5.67. The number of nitrogens with zero attached hydrogens (tertiary/aromatic N) is 2. The molecule has 8 aliphatic rings. The molecule has 1 fully saturated rings. The summed E-state index contributed by atoms with van der Waals surface area (Å²) in [5, 5.41) is 4.22. The van der Waals surface area contributed by atoms with E-state index in [-0.39, 0.29) is 6.17 Å². The summed E-state index contributed by atoms with van der Waals surface area (Å²) in [7, 11) is 2.30. The number of rotatable bonds is 6. The van der Waals surface area contributed by atoms with Crippen LogP contribution in [-0.4, -0.2) is 30.1 Å². The van der Waals surface area contributed by atoms with Gasteiger partial charge in [0, 0.05) is 18.5 Å². The Morgan fingerprint density at radius 2 is 1.73 bits per heavy atom. The minimum Gasteiger partial charge on any atom is -0.344 e. The molecule has 1 N–H and O–H groups in total. The molecule has 11 atom stereocenters. The predicted molar refractivity (Wildman–Crippen MR) is 218 cm³/mol. The third-order valence-electron chi connectivity index (χ3n) is 14.2. The molecule has 1 aliphatic heterocycles. The van der Waals surface area contributed by atoms with E-state index in [1.807, 2.05) is 0 Å². The SMILES string of the molecule is CC1CCCC(C2NC(C3=CC=C(C4C=CC=CC4C4C=CC=CC4)C(C4c5ccccc5CC5C=CCCC54)C3)N=C(C3=CCCC=C3)N2C)C1. The summed E-state index contributed by atoms with van der Waals surface area (Å²) in [6.45, 7) is 2.46. The van der Waals surface area contributed by atoms with Gasteiger partial charge in [-0.1, -0.05) is 141 Å². The zero-order valence-electron chi connectivity index (χ0n) is 31.5. The fraction of sp³-hybridized carbons (Fsp3) is 0.490. The van der Waals surface area contributed by atoms with Gasteiger partial charge in [-0.05, 0) is 122 Å². The molecule has 1 aromatic carbocycles. The van der Waals surface area contributed by atoms with Crippen LogP contribution < -0.4 is 5.32 Å². The van der Waals surface area contributed by atoms with Crippen LogP contribution in [0.4, 0.5) is 0 Å². The first-order valence-electron chi connectivity index (χ1n) is 20.9. The molecule has 3 heteroatoms. The van der Waals surface area contributed by atoms with Gasteiger partial charge >= 0.3 is 0 Å². The second-order valence-electron chi connectivity index (χ2n) is 17.3. The van der Waals surface area contributed by atoms with Crippen LogP contribution in [0.5, 0.6) is 0 Å². The minimum absolute atomic E-state index is 0.00477. The molecule has 0 bridgehead atoms. The van der Waals surface area contributed by atoms with Gasteiger partial charge in [0.15, 0.2) is 0 Å². The van der Waals surface area contributed by atoms with Crippen molar-refractivity contribution < 1.29 is 0 Å². The molecule has 0 radical (unpaired) electrons. The number of allylic oxidation sites excluding steroid dienone is 15. The van der Waals surface area contributed by atoms with Gasteiger partial charge in [-0.2, -0.15) is 0 Å². The predicted octanol–water partition coefficient (Wildman–Crippen LogP) is 11.0. The summed E-state index contributed by atoms with van der Waals surface area (Å²) in [6, 6.07) is 9.53. The van der Waals surface area contributed by atoms with E-state index >= 15 is 0 Å². The molecule has 11 unspecified atom stereocenters. The summed E-state index contributed by atoms with van der Waals surface area (Å²) < 4.78 is 0. The Kier molecular flexibility index (Phi) is 9.82. The van der Waals surface area contributed by atoms with E-state index in [9.17, 15) is 0 Å². The maximum absolute atomic E-state index is 5.67. The molecule has 0 aromatic heterocycles. The Hall–Kier alpha value is -3.69. The highest BCUT2D eigenvalue weighted by Crippen LogP contribution is 2.55. The highest BCUT2D eigenvalue weighted by Gasteiger charge is 2.46. The molecule has 9 rings (SSSR count). The van der Waals surface area contributed by atoms with Gasteiger partial charge in [0.1, 0.15) is 12.0 Å². The van der Waals surface area contributed by atoms with E-state index in [0.717, 1.165) is 31.6 Å². The van der Waals surface area contributed by atoms with E-state index in [1.165, 1.54) is 61.9 Å². The summed E-state index contributed by atoms with van der Waals surface area (Å²) in [5.74, 6) is 6.27. The fourth-order valence-electron chi connectivity index (χ4n) is 11.7. The second kappa shape index (κ2) is 15.0. The van der Waals surface area contributed by atoms with Crippen LogP contribution in [0.1, 0.15) is 88.2 Å². The fourth-order valence-corrected chi connectivity index (χ4v) is 11.7. The molecule has 0 amide bonds. The van der Waals surface area contributed by atoms with Crippen molar-refractivity contribution in [2.75, 3.05) is 7.05 Å². The number of fused-ring (bicyclic) bond motifs is 2. The third kappa shape index (κ3) is 6.57. The van der Waals surface area contributed by atoms with Crippen LogP contribution in [0.25, 0.3) is 0 Å². The highest BCUT2D eigenvalue weighted by atomic mass is 15.4. The van der Waals surface area contributed by atoms with Crippen molar-refractivity contribution in [1.29, 1.82) is 0 Å². The monoisotopic (exact) mass is 689 g/mol.